The van der Waals surface area contributed by atoms with Crippen molar-refractivity contribution in [2.45, 2.75) is 32.9 Å². The maximum absolute atomic E-state index is 4.64. The summed E-state index contributed by atoms with van der Waals surface area (Å²) < 4.78 is 2.19. The first kappa shape index (κ1) is 15.0. The zero-order chi connectivity index (χ0) is 16.5. The fraction of sp³-hybridized carbons (Fsp3) is 0.412. The molecule has 1 aliphatic rings. The molecule has 0 radical (unpaired) electrons. The molecule has 7 heteroatoms. The molecule has 0 amide bonds. The van der Waals surface area contributed by atoms with Gasteiger partial charge < -0.3 is 0 Å². The summed E-state index contributed by atoms with van der Waals surface area (Å²) in [7, 11) is 0. The molecule has 1 aromatic carbocycles. The summed E-state index contributed by atoms with van der Waals surface area (Å²) in [6.07, 6.45) is 1.16. The minimum atomic E-state index is 0.484. The Kier molecular flexibility index (Phi) is 3.86. The minimum Gasteiger partial charge on any atom is -0.297 e. The van der Waals surface area contributed by atoms with Crippen LogP contribution in [0.1, 0.15) is 29.4 Å². The van der Waals surface area contributed by atoms with Gasteiger partial charge in [-0.15, -0.1) is 10.2 Å². The van der Waals surface area contributed by atoms with Gasteiger partial charge in [-0.25, -0.2) is 0 Å². The first-order chi connectivity index (χ1) is 11.7. The van der Waals surface area contributed by atoms with E-state index in [0.717, 1.165) is 37.3 Å². The summed E-state index contributed by atoms with van der Waals surface area (Å²) in [6, 6.07) is 11.0. The van der Waals surface area contributed by atoms with Crippen LogP contribution >= 0.6 is 0 Å². The van der Waals surface area contributed by atoms with Gasteiger partial charge in [0.05, 0.1) is 11.7 Å². The summed E-state index contributed by atoms with van der Waals surface area (Å²) in [6.45, 7) is 7.31. The second-order valence-corrected chi connectivity index (χ2v) is 6.48. The molecule has 2 aromatic heterocycles. The van der Waals surface area contributed by atoms with Crippen LogP contribution in [0.5, 0.6) is 0 Å². The van der Waals surface area contributed by atoms with E-state index in [2.05, 4.69) is 79.5 Å². The van der Waals surface area contributed by atoms with Gasteiger partial charge in [0.25, 0.3) is 0 Å². The number of likely N-dealkylation sites (tertiary alicyclic amines) is 1. The van der Waals surface area contributed by atoms with E-state index in [0.29, 0.717) is 11.9 Å². The number of hydrogen-bond donors (Lipinski definition) is 1. The van der Waals surface area contributed by atoms with Crippen LogP contribution in [0.25, 0.3) is 11.4 Å². The Morgan fingerprint density at radius 3 is 2.71 bits per heavy atom. The molecule has 3 heterocycles. The molecule has 1 saturated heterocycles. The van der Waals surface area contributed by atoms with Crippen LogP contribution in [0, 0.1) is 13.8 Å². The zero-order valence-corrected chi connectivity index (χ0v) is 14.0. The quantitative estimate of drug-likeness (QED) is 0.796. The van der Waals surface area contributed by atoms with Gasteiger partial charge in [0.1, 0.15) is 0 Å². The van der Waals surface area contributed by atoms with Gasteiger partial charge in [-0.1, -0.05) is 24.3 Å². The molecule has 7 nitrogen and oxygen atoms in total. The van der Waals surface area contributed by atoms with E-state index in [9.17, 15) is 0 Å². The molecule has 0 saturated carbocycles. The molecule has 3 aromatic rings. The van der Waals surface area contributed by atoms with Gasteiger partial charge >= 0.3 is 0 Å². The summed E-state index contributed by atoms with van der Waals surface area (Å²) in [5.74, 6) is 0.632. The van der Waals surface area contributed by atoms with Gasteiger partial charge in [-0.2, -0.15) is 10.3 Å². The third-order valence-electron chi connectivity index (χ3n) is 4.60. The lowest BCUT2D eigenvalue weighted by Gasteiger charge is -2.17. The number of aromatic amines is 1. The Hall–Kier alpha value is -2.54. The Balaban J connectivity index is 1.40. The van der Waals surface area contributed by atoms with Gasteiger partial charge in [0, 0.05) is 30.9 Å². The molecule has 1 fully saturated rings. The SMILES string of the molecule is Cc1cc(C)n([C@@H]2CCN(Cc3ccc(-c4nn[nH]n4)cc3)C2)n1. The lowest BCUT2D eigenvalue weighted by molar-refractivity contribution is 0.310. The Labute approximate surface area is 140 Å². The Morgan fingerprint density at radius 1 is 1.21 bits per heavy atom. The number of aryl methyl sites for hydroxylation is 2. The summed E-state index contributed by atoms with van der Waals surface area (Å²) in [4.78, 5) is 2.49. The minimum absolute atomic E-state index is 0.484. The molecule has 124 valence electrons. The molecule has 4 rings (SSSR count). The average molecular weight is 323 g/mol. The Bertz CT molecular complexity index is 804. The largest absolute Gasteiger partial charge is 0.297 e. The maximum atomic E-state index is 4.64. The second-order valence-electron chi connectivity index (χ2n) is 6.48. The van der Waals surface area contributed by atoms with Crippen molar-refractivity contribution in [1.29, 1.82) is 0 Å². The van der Waals surface area contributed by atoms with Crippen molar-refractivity contribution in [2.75, 3.05) is 13.1 Å². The van der Waals surface area contributed by atoms with Crippen LogP contribution in [0.15, 0.2) is 30.3 Å². The number of H-pyrrole nitrogens is 1. The van der Waals surface area contributed by atoms with Gasteiger partial charge in [0.15, 0.2) is 0 Å². The number of aromatic nitrogens is 6. The van der Waals surface area contributed by atoms with Crippen LogP contribution in [-0.4, -0.2) is 48.4 Å². The summed E-state index contributed by atoms with van der Waals surface area (Å²) >= 11 is 0. The fourth-order valence-electron chi connectivity index (χ4n) is 3.47. The summed E-state index contributed by atoms with van der Waals surface area (Å²) in [5, 5.41) is 18.7. The molecule has 0 bridgehead atoms. The van der Waals surface area contributed by atoms with E-state index < -0.39 is 0 Å². The van der Waals surface area contributed by atoms with Gasteiger partial charge in [-0.3, -0.25) is 9.58 Å². The van der Waals surface area contributed by atoms with E-state index in [1.807, 2.05) is 0 Å². The van der Waals surface area contributed by atoms with E-state index >= 15 is 0 Å². The lowest BCUT2D eigenvalue weighted by Crippen LogP contribution is -2.22. The van der Waals surface area contributed by atoms with Gasteiger partial charge in [0.2, 0.25) is 5.82 Å². The van der Waals surface area contributed by atoms with Crippen LogP contribution in [0.3, 0.4) is 0 Å². The average Bonchev–Trinajstić information content (AvgIpc) is 3.30. The van der Waals surface area contributed by atoms with Crippen molar-refractivity contribution in [1.82, 2.24) is 35.3 Å². The predicted octanol–water partition coefficient (Wildman–Crippen LogP) is 2.13. The molecule has 0 spiro atoms. The highest BCUT2D eigenvalue weighted by Gasteiger charge is 2.25. The number of hydrogen-bond acceptors (Lipinski definition) is 5. The zero-order valence-electron chi connectivity index (χ0n) is 14.0. The molecule has 0 unspecified atom stereocenters. The highest BCUT2D eigenvalue weighted by molar-refractivity contribution is 5.54. The maximum Gasteiger partial charge on any atom is 0.204 e. The summed E-state index contributed by atoms with van der Waals surface area (Å²) in [5.41, 5.74) is 4.64. The van der Waals surface area contributed by atoms with Crippen LogP contribution in [0.4, 0.5) is 0 Å². The number of rotatable bonds is 4. The topological polar surface area (TPSA) is 75.5 Å². The molecular weight excluding hydrogens is 302 g/mol. The van der Waals surface area contributed by atoms with Crippen LogP contribution in [0.2, 0.25) is 0 Å². The number of tetrazole rings is 1. The van der Waals surface area contributed by atoms with Crippen molar-refractivity contribution in [3.63, 3.8) is 0 Å². The third kappa shape index (κ3) is 2.94. The highest BCUT2D eigenvalue weighted by atomic mass is 15.5. The smallest absolute Gasteiger partial charge is 0.204 e. The third-order valence-corrected chi connectivity index (χ3v) is 4.60. The molecule has 1 atom stereocenters. The molecule has 24 heavy (non-hydrogen) atoms. The van der Waals surface area contributed by atoms with Crippen LogP contribution in [-0.2, 0) is 6.54 Å². The van der Waals surface area contributed by atoms with Crippen molar-refractivity contribution < 1.29 is 0 Å². The monoisotopic (exact) mass is 323 g/mol. The standard InChI is InChI=1S/C17H21N7/c1-12-9-13(2)24(20-12)16-7-8-23(11-16)10-14-3-5-15(6-4-14)17-18-21-22-19-17/h3-6,9,16H,7-8,10-11H2,1-2H3,(H,18,19,21,22)/t16-/m1/s1. The van der Waals surface area contributed by atoms with Crippen molar-refractivity contribution in [3.05, 3.63) is 47.3 Å². The van der Waals surface area contributed by atoms with Crippen molar-refractivity contribution in [3.8, 4) is 11.4 Å². The molecule has 0 aliphatic carbocycles. The number of benzene rings is 1. The lowest BCUT2D eigenvalue weighted by atomic mass is 10.1. The van der Waals surface area contributed by atoms with Crippen molar-refractivity contribution >= 4 is 0 Å². The normalized spacial score (nSPS) is 18.3. The second kappa shape index (κ2) is 6.16. The molecular formula is C17H21N7. The first-order valence-electron chi connectivity index (χ1n) is 8.27. The van der Waals surface area contributed by atoms with Gasteiger partial charge in [-0.05, 0) is 37.1 Å². The van der Waals surface area contributed by atoms with E-state index in [-0.39, 0.29) is 0 Å². The fourth-order valence-corrected chi connectivity index (χ4v) is 3.47. The van der Waals surface area contributed by atoms with Crippen molar-refractivity contribution in [2.24, 2.45) is 0 Å². The molecule has 1 N–H and O–H groups in total. The number of nitrogens with one attached hydrogen (secondary N) is 1. The Morgan fingerprint density at radius 2 is 2.04 bits per heavy atom. The van der Waals surface area contributed by atoms with E-state index in [1.165, 1.54) is 11.3 Å². The van der Waals surface area contributed by atoms with E-state index in [1.54, 1.807) is 0 Å². The van der Waals surface area contributed by atoms with Crippen LogP contribution < -0.4 is 0 Å². The number of nitrogens with zero attached hydrogens (tertiary/aromatic N) is 6. The highest BCUT2D eigenvalue weighted by Crippen LogP contribution is 2.25. The molecule has 1 aliphatic heterocycles. The van der Waals surface area contributed by atoms with E-state index in [4.69, 9.17) is 0 Å². The predicted molar refractivity (Wildman–Crippen MR) is 90.2 cm³/mol. The first-order valence-corrected chi connectivity index (χ1v) is 8.27.